The number of fused-ring (bicyclic) bond motifs is 5. The Balaban J connectivity index is 1.64. The van der Waals surface area contributed by atoms with Gasteiger partial charge in [-0.05, 0) is 82.6 Å². The molecule has 0 amide bonds. The fourth-order valence-electron chi connectivity index (χ4n) is 5.52. The fourth-order valence-corrected chi connectivity index (χ4v) is 5.52. The Labute approximate surface area is 238 Å². The molecule has 8 heteroatoms. The second kappa shape index (κ2) is 9.61. The van der Waals surface area contributed by atoms with Crippen molar-refractivity contribution in [1.82, 2.24) is 9.13 Å². The van der Waals surface area contributed by atoms with Gasteiger partial charge in [0.05, 0.1) is 47.3 Å². The summed E-state index contributed by atoms with van der Waals surface area (Å²) in [6.45, 7) is 14.3. The minimum absolute atomic E-state index is 0.0639. The molecule has 0 spiro atoms. The summed E-state index contributed by atoms with van der Waals surface area (Å²) in [6.07, 6.45) is 2.92. The molecule has 0 fully saturated rings. The normalized spacial score (nSPS) is 12.0. The molecule has 0 saturated heterocycles. The molecule has 42 heavy (non-hydrogen) atoms. The highest BCUT2D eigenvalue weighted by atomic mass is 16.1. The van der Waals surface area contributed by atoms with Crippen molar-refractivity contribution >= 4 is 66.5 Å². The molecule has 0 N–H and O–H groups in total. The van der Waals surface area contributed by atoms with Gasteiger partial charge < -0.3 is 9.13 Å². The number of hydrogen-bond acceptors (Lipinski definition) is 4. The van der Waals surface area contributed by atoms with Gasteiger partial charge in [0.25, 0.3) is 11.4 Å². The highest BCUT2D eigenvalue weighted by Crippen LogP contribution is 2.29. The van der Waals surface area contributed by atoms with Crippen LogP contribution < -0.4 is 10.9 Å². The highest BCUT2D eigenvalue weighted by molar-refractivity contribution is 6.07. The maximum atomic E-state index is 13.7. The molecule has 196 valence electrons. The van der Waals surface area contributed by atoms with Gasteiger partial charge in [-0.1, -0.05) is 12.1 Å². The quantitative estimate of drug-likeness (QED) is 0.143. The van der Waals surface area contributed by atoms with Crippen LogP contribution in [0.3, 0.4) is 0 Å². The van der Waals surface area contributed by atoms with Crippen molar-refractivity contribution in [3.05, 3.63) is 126 Å². The van der Waals surface area contributed by atoms with Gasteiger partial charge >= 0.3 is 0 Å². The van der Waals surface area contributed by atoms with Crippen molar-refractivity contribution in [2.75, 3.05) is 0 Å². The first kappa shape index (κ1) is 25.8. The smallest absolute Gasteiger partial charge is 0.262 e. The molecular weight excluding hydrogens is 524 g/mol. The van der Waals surface area contributed by atoms with Gasteiger partial charge in [-0.2, -0.15) is 0 Å². The van der Waals surface area contributed by atoms with Crippen molar-refractivity contribution in [3.8, 4) is 12.1 Å². The molecule has 8 nitrogen and oxygen atoms in total. The third-order valence-corrected chi connectivity index (χ3v) is 7.61. The van der Waals surface area contributed by atoms with Crippen LogP contribution in [0.15, 0.2) is 81.6 Å². The van der Waals surface area contributed by atoms with E-state index < -0.39 is 0 Å². The number of aryl methyl sites for hydroxylation is 2. The summed E-state index contributed by atoms with van der Waals surface area (Å²) < 4.78 is 3.84. The Hall–Kier alpha value is -6.48. The molecule has 2 aromatic heterocycles. The fraction of sp³-hybridized carbons (Fsp3) is 0.0588. The summed E-state index contributed by atoms with van der Waals surface area (Å²) >= 11 is 0. The first-order valence-corrected chi connectivity index (χ1v) is 12.7. The van der Waals surface area contributed by atoms with E-state index in [9.17, 15) is 9.59 Å². The molecule has 2 heterocycles. The molecule has 0 unspecified atom stereocenters. The van der Waals surface area contributed by atoms with Gasteiger partial charge in [0, 0.05) is 35.6 Å². The Kier molecular flexibility index (Phi) is 5.90. The summed E-state index contributed by atoms with van der Waals surface area (Å²) in [7, 11) is 3.74. The Morgan fingerprint density at radius 2 is 1.02 bits per heavy atom. The van der Waals surface area contributed by atoms with Gasteiger partial charge in [0.15, 0.2) is 10.9 Å². The molecule has 0 aliphatic rings. The van der Waals surface area contributed by atoms with E-state index in [0.717, 1.165) is 10.8 Å². The van der Waals surface area contributed by atoms with Crippen LogP contribution in [0.4, 0.5) is 0 Å². The van der Waals surface area contributed by atoms with Gasteiger partial charge in [0.2, 0.25) is 0 Å². The first-order valence-electron chi connectivity index (χ1n) is 12.7. The van der Waals surface area contributed by atoms with E-state index in [1.54, 1.807) is 36.4 Å². The van der Waals surface area contributed by atoms with Crippen LogP contribution in [-0.4, -0.2) is 9.13 Å². The van der Waals surface area contributed by atoms with Crippen molar-refractivity contribution < 1.29 is 0 Å². The molecule has 6 aromatic rings. The average Bonchev–Trinajstić information content (AvgIpc) is 3.02. The van der Waals surface area contributed by atoms with Crippen LogP contribution in [-0.2, 0) is 14.1 Å². The number of pyridine rings is 2. The molecule has 6 rings (SSSR count). The van der Waals surface area contributed by atoms with Crippen LogP contribution >= 0.6 is 0 Å². The van der Waals surface area contributed by atoms with E-state index in [0.29, 0.717) is 54.7 Å². The predicted molar refractivity (Wildman–Crippen MR) is 165 cm³/mol. The third-order valence-electron chi connectivity index (χ3n) is 7.61. The van der Waals surface area contributed by atoms with Crippen molar-refractivity contribution in [1.29, 1.82) is 10.5 Å². The number of benzene rings is 4. The largest absolute Gasteiger partial charge is 0.343 e. The average molecular weight is 543 g/mol. The Morgan fingerprint density at radius 3 is 1.38 bits per heavy atom. The van der Waals surface area contributed by atoms with Crippen molar-refractivity contribution in [2.24, 2.45) is 14.1 Å². The number of nitriles is 2. The van der Waals surface area contributed by atoms with Gasteiger partial charge in [-0.15, -0.1) is 0 Å². The lowest BCUT2D eigenvalue weighted by molar-refractivity contribution is 1.00. The number of nitrogens with zero attached hydrogens (tertiary/aromatic N) is 6. The van der Waals surface area contributed by atoms with Crippen LogP contribution in [0.2, 0.25) is 0 Å². The van der Waals surface area contributed by atoms with Crippen molar-refractivity contribution in [3.63, 3.8) is 0 Å². The second-order valence-electron chi connectivity index (χ2n) is 9.92. The molecule has 0 radical (unpaired) electrons. The zero-order valence-electron chi connectivity index (χ0n) is 22.4. The van der Waals surface area contributed by atoms with E-state index in [-0.39, 0.29) is 22.3 Å². The van der Waals surface area contributed by atoms with Crippen LogP contribution in [0, 0.1) is 35.8 Å². The molecule has 0 aliphatic heterocycles. The summed E-state index contributed by atoms with van der Waals surface area (Å²) in [5.41, 5.74) is 3.53. The summed E-state index contributed by atoms with van der Waals surface area (Å²) in [6, 6.07) is 21.7. The summed E-state index contributed by atoms with van der Waals surface area (Å²) in [5, 5.41) is 21.8. The van der Waals surface area contributed by atoms with E-state index in [1.807, 2.05) is 59.6 Å². The number of aromatic nitrogens is 2. The number of rotatable bonds is 2. The van der Waals surface area contributed by atoms with Crippen LogP contribution in [0.5, 0.6) is 0 Å². The minimum Gasteiger partial charge on any atom is -0.343 e. The molecule has 0 saturated carbocycles. The topological polar surface area (TPSA) is 100 Å². The lowest BCUT2D eigenvalue weighted by Crippen LogP contribution is -2.11. The summed E-state index contributed by atoms with van der Waals surface area (Å²) in [5.74, 6) is 0. The maximum absolute atomic E-state index is 13.7. The standard InChI is InChI=1S/C34H18N6O2/c1-37-23(17-35)9-19-5-7-29-25(11-19)33(41)27-13-21-16-32-28(14-22(21)15-31(27)39(29)3)34(42)26-12-20(10-24(18-36)38-2)6-8-30(26)40(32)4/h5-16H,3-4H3/b23-9-,24-10+. The zero-order chi connectivity index (χ0) is 29.7. The Bertz CT molecular complexity index is 2360. The molecule has 0 bridgehead atoms. The molecule has 0 aliphatic carbocycles. The van der Waals surface area contributed by atoms with Gasteiger partial charge in [-0.25, -0.2) is 20.2 Å². The molecule has 0 atom stereocenters. The van der Waals surface area contributed by atoms with E-state index >= 15 is 0 Å². The first-order chi connectivity index (χ1) is 20.3. The van der Waals surface area contributed by atoms with Crippen LogP contribution in [0.1, 0.15) is 11.1 Å². The lowest BCUT2D eigenvalue weighted by atomic mass is 9.99. The number of allylic oxidation sites excluding steroid dienone is 2. The minimum atomic E-state index is -0.166. The van der Waals surface area contributed by atoms with Gasteiger partial charge in [0.1, 0.15) is 0 Å². The van der Waals surface area contributed by atoms with Gasteiger partial charge in [-0.3, -0.25) is 9.59 Å². The molecular formula is C34H18N6O2. The SMILES string of the molecule is [C-]#[N+]/C(C#N)=C\c1ccc2c(c1)c(=O)c1cc3cc4c(cc3cc1n2C)c(=O)c1cc(/C=C(\C#N)[N+]#[C-])ccc1n4C. The van der Waals surface area contributed by atoms with Crippen LogP contribution in [0.25, 0.3) is 76.2 Å². The highest BCUT2D eigenvalue weighted by Gasteiger charge is 2.14. The monoisotopic (exact) mass is 542 g/mol. The van der Waals surface area contributed by atoms with Crippen molar-refractivity contribution in [2.45, 2.75) is 0 Å². The molecule has 4 aromatic carbocycles. The summed E-state index contributed by atoms with van der Waals surface area (Å²) in [4.78, 5) is 33.8. The lowest BCUT2D eigenvalue weighted by Gasteiger charge is -2.14. The van der Waals surface area contributed by atoms with E-state index in [2.05, 4.69) is 9.69 Å². The van der Waals surface area contributed by atoms with E-state index in [4.69, 9.17) is 23.7 Å². The number of hydrogen-bond donors (Lipinski definition) is 0. The zero-order valence-corrected chi connectivity index (χ0v) is 22.4. The predicted octanol–water partition coefficient (Wildman–Crippen LogP) is 6.42. The van der Waals surface area contributed by atoms with E-state index in [1.165, 1.54) is 12.2 Å². The second-order valence-corrected chi connectivity index (χ2v) is 9.92. The Morgan fingerprint density at radius 1 is 0.643 bits per heavy atom. The third kappa shape index (κ3) is 3.89. The maximum Gasteiger partial charge on any atom is 0.262 e.